The Hall–Kier alpha value is -3.81. The molecule has 2 aromatic rings. The number of nitrogens with two attached hydrogens (primary N) is 1. The number of rotatable bonds is 5. The molecule has 2 aromatic carbocycles. The summed E-state index contributed by atoms with van der Waals surface area (Å²) in [6, 6.07) is 14.3. The molecule has 2 N–H and O–H groups in total. The molecule has 176 valence electrons. The van der Waals surface area contributed by atoms with E-state index in [1.807, 2.05) is 6.07 Å². The molecular weight excluding hydrogens is 482 g/mol. The molecular formula is C23H20ClN3O6S. The third kappa shape index (κ3) is 4.35. The van der Waals surface area contributed by atoms with Gasteiger partial charge in [-0.15, -0.1) is 0 Å². The fraction of sp³-hybridized carbons (Fsp3) is 0.174. The van der Waals surface area contributed by atoms with Gasteiger partial charge in [0, 0.05) is 6.26 Å². The van der Waals surface area contributed by atoms with Gasteiger partial charge in [0.1, 0.15) is 11.5 Å². The standard InChI is InChI=1S/C23H20ClN3O6S/c1-32-22(28)19-18(13-7-5-4-6-8-13)15(12-25)21(26)27(20(19)23(29)33-2)17-10-9-14(11-16(17)24)34(3,30)31/h4-11,18H,26H2,1-3H3. The van der Waals surface area contributed by atoms with E-state index in [2.05, 4.69) is 0 Å². The lowest BCUT2D eigenvalue weighted by atomic mass is 9.81. The molecule has 1 heterocycles. The summed E-state index contributed by atoms with van der Waals surface area (Å²) in [7, 11) is -1.33. The van der Waals surface area contributed by atoms with Crippen LogP contribution in [0.3, 0.4) is 0 Å². The van der Waals surface area contributed by atoms with E-state index in [0.717, 1.165) is 25.4 Å². The molecule has 0 aromatic heterocycles. The smallest absolute Gasteiger partial charge is 0.355 e. The number of sulfone groups is 1. The van der Waals surface area contributed by atoms with E-state index < -0.39 is 27.7 Å². The molecule has 0 spiro atoms. The van der Waals surface area contributed by atoms with Gasteiger partial charge >= 0.3 is 11.9 Å². The Bertz CT molecular complexity index is 1380. The first-order valence-corrected chi connectivity index (χ1v) is 12.0. The zero-order chi connectivity index (χ0) is 25.2. The van der Waals surface area contributed by atoms with Gasteiger partial charge in [-0.3, -0.25) is 4.90 Å². The second-order valence-electron chi connectivity index (χ2n) is 7.22. The van der Waals surface area contributed by atoms with E-state index in [1.54, 1.807) is 30.3 Å². The van der Waals surface area contributed by atoms with Crippen LogP contribution >= 0.6 is 11.6 Å². The van der Waals surface area contributed by atoms with Crippen molar-refractivity contribution in [3.05, 3.63) is 81.8 Å². The van der Waals surface area contributed by atoms with Gasteiger partial charge in [0.25, 0.3) is 0 Å². The summed E-state index contributed by atoms with van der Waals surface area (Å²) in [4.78, 5) is 27.0. The van der Waals surface area contributed by atoms with Gasteiger partial charge in [0.05, 0.1) is 53.0 Å². The van der Waals surface area contributed by atoms with Crippen LogP contribution in [0.15, 0.2) is 76.1 Å². The number of benzene rings is 2. The van der Waals surface area contributed by atoms with Crippen LogP contribution in [-0.2, 0) is 28.9 Å². The molecule has 0 aliphatic carbocycles. The summed E-state index contributed by atoms with van der Waals surface area (Å²) in [6.45, 7) is 0. The highest BCUT2D eigenvalue weighted by Crippen LogP contribution is 2.44. The molecule has 1 atom stereocenters. The van der Waals surface area contributed by atoms with Gasteiger partial charge in [-0.1, -0.05) is 41.9 Å². The lowest BCUT2D eigenvalue weighted by Crippen LogP contribution is -2.40. The van der Waals surface area contributed by atoms with E-state index in [0.29, 0.717) is 5.56 Å². The molecule has 3 rings (SSSR count). The lowest BCUT2D eigenvalue weighted by Gasteiger charge is -2.36. The van der Waals surface area contributed by atoms with E-state index in [9.17, 15) is 23.3 Å². The van der Waals surface area contributed by atoms with Crippen molar-refractivity contribution in [3.8, 4) is 6.07 Å². The fourth-order valence-corrected chi connectivity index (χ4v) is 4.64. The topological polar surface area (TPSA) is 140 Å². The maximum Gasteiger partial charge on any atom is 0.355 e. The van der Waals surface area contributed by atoms with Crippen molar-refractivity contribution in [2.45, 2.75) is 10.8 Å². The maximum atomic E-state index is 13.0. The van der Waals surface area contributed by atoms with Crippen LogP contribution in [-0.4, -0.2) is 40.8 Å². The first-order valence-electron chi connectivity index (χ1n) is 9.72. The zero-order valence-electron chi connectivity index (χ0n) is 18.4. The van der Waals surface area contributed by atoms with Crippen LogP contribution in [0.25, 0.3) is 0 Å². The molecule has 11 heteroatoms. The highest BCUT2D eigenvalue weighted by molar-refractivity contribution is 7.90. The predicted molar refractivity (Wildman–Crippen MR) is 124 cm³/mol. The maximum absolute atomic E-state index is 13.0. The Morgan fingerprint density at radius 1 is 1.09 bits per heavy atom. The monoisotopic (exact) mass is 501 g/mol. The summed E-state index contributed by atoms with van der Waals surface area (Å²) in [5.74, 6) is -3.04. The number of nitrogens with zero attached hydrogens (tertiary/aromatic N) is 2. The minimum atomic E-state index is -3.59. The molecule has 0 amide bonds. The number of allylic oxidation sites excluding steroid dienone is 1. The number of nitriles is 1. The van der Waals surface area contributed by atoms with Crippen LogP contribution in [0.2, 0.25) is 5.02 Å². The van der Waals surface area contributed by atoms with Crippen LogP contribution in [0.1, 0.15) is 11.5 Å². The summed E-state index contributed by atoms with van der Waals surface area (Å²) < 4.78 is 33.8. The molecule has 0 saturated carbocycles. The normalized spacial score (nSPS) is 16.2. The zero-order valence-corrected chi connectivity index (χ0v) is 20.0. The third-order valence-electron chi connectivity index (χ3n) is 5.20. The molecule has 0 bridgehead atoms. The quantitative estimate of drug-likeness (QED) is 0.612. The number of hydrogen-bond donors (Lipinski definition) is 1. The van der Waals surface area contributed by atoms with Crippen LogP contribution < -0.4 is 10.6 Å². The summed E-state index contributed by atoms with van der Waals surface area (Å²) in [6.07, 6.45) is 1.01. The number of anilines is 1. The molecule has 34 heavy (non-hydrogen) atoms. The Balaban J connectivity index is 2.42. The third-order valence-corrected chi connectivity index (χ3v) is 6.61. The van der Waals surface area contributed by atoms with Crippen molar-refractivity contribution in [1.29, 1.82) is 5.26 Å². The van der Waals surface area contributed by atoms with Gasteiger partial charge in [0.15, 0.2) is 9.84 Å². The largest absolute Gasteiger partial charge is 0.466 e. The van der Waals surface area contributed by atoms with Crippen molar-refractivity contribution in [3.63, 3.8) is 0 Å². The average molecular weight is 502 g/mol. The first-order chi connectivity index (χ1) is 16.1. The van der Waals surface area contributed by atoms with Gasteiger partial charge < -0.3 is 15.2 Å². The number of hydrogen-bond acceptors (Lipinski definition) is 9. The van der Waals surface area contributed by atoms with Crippen LogP contribution in [0.5, 0.6) is 0 Å². The average Bonchev–Trinajstić information content (AvgIpc) is 2.82. The SMILES string of the molecule is COC(=O)C1=C(C(=O)OC)N(c2ccc(S(C)(=O)=O)cc2Cl)C(N)=C(C#N)C1c1ccccc1. The number of esters is 2. The van der Waals surface area contributed by atoms with E-state index >= 15 is 0 Å². The van der Waals surface area contributed by atoms with Gasteiger partial charge in [-0.2, -0.15) is 5.26 Å². The van der Waals surface area contributed by atoms with E-state index in [4.69, 9.17) is 26.8 Å². The number of carbonyl (C=O) groups excluding carboxylic acids is 2. The Morgan fingerprint density at radius 3 is 2.21 bits per heavy atom. The second kappa shape index (κ2) is 9.59. The summed E-state index contributed by atoms with van der Waals surface area (Å²) in [5.41, 5.74) is 6.43. The minimum absolute atomic E-state index is 0.0393. The van der Waals surface area contributed by atoms with E-state index in [-0.39, 0.29) is 38.3 Å². The molecule has 1 aliphatic heterocycles. The molecule has 0 radical (unpaired) electrons. The molecule has 9 nitrogen and oxygen atoms in total. The second-order valence-corrected chi connectivity index (χ2v) is 9.64. The molecule has 1 unspecified atom stereocenters. The van der Waals surface area contributed by atoms with Crippen molar-refractivity contribution < 1.29 is 27.5 Å². The van der Waals surface area contributed by atoms with Crippen LogP contribution in [0, 0.1) is 11.3 Å². The molecule has 1 aliphatic rings. The Kier molecular flexibility index (Phi) is 7.00. The molecule has 0 fully saturated rings. The van der Waals surface area contributed by atoms with Gasteiger partial charge in [-0.25, -0.2) is 18.0 Å². The van der Waals surface area contributed by atoms with Crippen molar-refractivity contribution in [1.82, 2.24) is 0 Å². The van der Waals surface area contributed by atoms with Crippen molar-refractivity contribution >= 4 is 39.1 Å². The molecule has 0 saturated heterocycles. The van der Waals surface area contributed by atoms with Gasteiger partial charge in [-0.05, 0) is 23.8 Å². The van der Waals surface area contributed by atoms with Crippen molar-refractivity contribution in [2.75, 3.05) is 25.4 Å². The summed E-state index contributed by atoms with van der Waals surface area (Å²) in [5, 5.41) is 9.92. The van der Waals surface area contributed by atoms with E-state index in [1.165, 1.54) is 18.2 Å². The Morgan fingerprint density at radius 2 is 1.71 bits per heavy atom. The number of carbonyl (C=O) groups is 2. The fourth-order valence-electron chi connectivity index (χ4n) is 3.66. The highest BCUT2D eigenvalue weighted by Gasteiger charge is 2.43. The number of methoxy groups -OCH3 is 2. The number of ether oxygens (including phenoxy) is 2. The number of halogens is 1. The lowest BCUT2D eigenvalue weighted by molar-refractivity contribution is -0.139. The van der Waals surface area contributed by atoms with Gasteiger partial charge in [0.2, 0.25) is 0 Å². The predicted octanol–water partition coefficient (Wildman–Crippen LogP) is 2.64. The minimum Gasteiger partial charge on any atom is -0.466 e. The first kappa shape index (κ1) is 24.8. The Labute approximate surface area is 201 Å². The van der Waals surface area contributed by atoms with Crippen molar-refractivity contribution in [2.24, 2.45) is 5.73 Å². The summed E-state index contributed by atoms with van der Waals surface area (Å²) >= 11 is 6.39. The van der Waals surface area contributed by atoms with Crippen LogP contribution in [0.4, 0.5) is 5.69 Å². The highest BCUT2D eigenvalue weighted by atomic mass is 35.5.